The highest BCUT2D eigenvalue weighted by molar-refractivity contribution is 4.73. The largest absolute Gasteiger partial charge is 0.300 e. The maximum absolute atomic E-state index is 3.87. The maximum atomic E-state index is 3.87. The molecule has 1 heteroatoms. The van der Waals surface area contributed by atoms with Crippen LogP contribution in [0.2, 0.25) is 0 Å². The van der Waals surface area contributed by atoms with Crippen molar-refractivity contribution >= 4 is 0 Å². The number of hydrogen-bond acceptors (Lipinski definition) is 1. The predicted molar refractivity (Wildman–Crippen MR) is 65.4 cm³/mol. The second kappa shape index (κ2) is 10.8. The fraction of sp³-hybridized carbons (Fsp3) is 0.769. The van der Waals surface area contributed by atoms with Crippen LogP contribution in [-0.2, 0) is 0 Å². The molecule has 0 aliphatic heterocycles. The van der Waals surface area contributed by atoms with Gasteiger partial charge >= 0.3 is 0 Å². The van der Waals surface area contributed by atoms with Crippen LogP contribution in [-0.4, -0.2) is 24.5 Å². The molecule has 0 aromatic carbocycles. The van der Waals surface area contributed by atoms with Crippen molar-refractivity contribution in [1.82, 2.24) is 4.90 Å². The summed E-state index contributed by atoms with van der Waals surface area (Å²) in [5.74, 6) is 0. The number of hydrogen-bond donors (Lipinski definition) is 0. The van der Waals surface area contributed by atoms with E-state index in [2.05, 4.69) is 25.3 Å². The van der Waals surface area contributed by atoms with Gasteiger partial charge in [0.2, 0.25) is 0 Å². The molecule has 0 aromatic rings. The number of rotatable bonds is 10. The third kappa shape index (κ3) is 8.31. The molecule has 1 nitrogen and oxygen atoms in total. The molecule has 83 valence electrons. The summed E-state index contributed by atoms with van der Waals surface area (Å²) in [5.41, 5.74) is 0. The van der Waals surface area contributed by atoms with Gasteiger partial charge in [-0.05, 0) is 25.9 Å². The zero-order valence-corrected chi connectivity index (χ0v) is 9.80. The molecular weight excluding hydrogens is 170 g/mol. The first-order valence-electron chi connectivity index (χ1n) is 5.97. The van der Waals surface area contributed by atoms with Crippen LogP contribution in [0, 0.1) is 6.92 Å². The summed E-state index contributed by atoms with van der Waals surface area (Å²) in [6, 6.07) is 0. The molecule has 0 amide bonds. The molecule has 14 heavy (non-hydrogen) atoms. The van der Waals surface area contributed by atoms with Gasteiger partial charge in [0, 0.05) is 6.54 Å². The van der Waals surface area contributed by atoms with E-state index in [4.69, 9.17) is 0 Å². The maximum Gasteiger partial charge on any atom is 0.0160 e. The highest BCUT2D eigenvalue weighted by Crippen LogP contribution is 2.02. The van der Waals surface area contributed by atoms with Gasteiger partial charge in [0.25, 0.3) is 0 Å². The van der Waals surface area contributed by atoms with E-state index in [1.165, 1.54) is 45.2 Å². The van der Waals surface area contributed by atoms with Gasteiger partial charge in [0.1, 0.15) is 0 Å². The van der Waals surface area contributed by atoms with Crippen LogP contribution in [0.4, 0.5) is 0 Å². The summed E-state index contributed by atoms with van der Waals surface area (Å²) in [6.45, 7) is 13.4. The van der Waals surface area contributed by atoms with E-state index in [0.29, 0.717) is 0 Å². The fourth-order valence-electron chi connectivity index (χ4n) is 1.57. The lowest BCUT2D eigenvalue weighted by atomic mass is 10.2. The highest BCUT2D eigenvalue weighted by atomic mass is 15.1. The van der Waals surface area contributed by atoms with Gasteiger partial charge in [-0.25, -0.2) is 0 Å². The van der Waals surface area contributed by atoms with Crippen LogP contribution in [0.1, 0.15) is 45.4 Å². The molecule has 0 saturated heterocycles. The van der Waals surface area contributed by atoms with E-state index in [1.54, 1.807) is 0 Å². The second-order valence-electron chi connectivity index (χ2n) is 3.86. The van der Waals surface area contributed by atoms with Crippen molar-refractivity contribution < 1.29 is 0 Å². The van der Waals surface area contributed by atoms with E-state index >= 15 is 0 Å². The van der Waals surface area contributed by atoms with Gasteiger partial charge in [-0.1, -0.05) is 45.6 Å². The zero-order valence-electron chi connectivity index (χ0n) is 9.80. The minimum Gasteiger partial charge on any atom is -0.300 e. The van der Waals surface area contributed by atoms with Crippen molar-refractivity contribution in [3.05, 3.63) is 19.6 Å². The second-order valence-corrected chi connectivity index (χ2v) is 3.86. The van der Waals surface area contributed by atoms with E-state index < -0.39 is 0 Å². The summed E-state index contributed by atoms with van der Waals surface area (Å²) in [7, 11) is 0. The Labute approximate surface area is 90.2 Å². The molecule has 0 aliphatic rings. The Bertz CT molecular complexity index is 110. The molecule has 0 heterocycles. The SMILES string of the molecule is [CH2]CCCCN(CC=C)CCCCC. The third-order valence-electron chi connectivity index (χ3n) is 2.44. The smallest absolute Gasteiger partial charge is 0.0160 e. The Morgan fingerprint density at radius 1 is 1.07 bits per heavy atom. The Morgan fingerprint density at radius 2 is 1.71 bits per heavy atom. The van der Waals surface area contributed by atoms with Crippen molar-refractivity contribution in [2.45, 2.75) is 45.4 Å². The lowest BCUT2D eigenvalue weighted by molar-refractivity contribution is 0.289. The average Bonchev–Trinajstić information content (AvgIpc) is 2.18. The first-order chi connectivity index (χ1) is 6.85. The van der Waals surface area contributed by atoms with Gasteiger partial charge in [-0.15, -0.1) is 6.58 Å². The lowest BCUT2D eigenvalue weighted by Crippen LogP contribution is -2.26. The van der Waals surface area contributed by atoms with Crippen molar-refractivity contribution in [2.75, 3.05) is 19.6 Å². The summed E-state index contributed by atoms with van der Waals surface area (Å²) in [6.07, 6.45) is 9.59. The minimum absolute atomic E-state index is 1.04. The van der Waals surface area contributed by atoms with E-state index in [0.717, 1.165) is 13.0 Å². The van der Waals surface area contributed by atoms with Crippen LogP contribution >= 0.6 is 0 Å². The quantitative estimate of drug-likeness (QED) is 0.380. The molecule has 0 fully saturated rings. The van der Waals surface area contributed by atoms with Gasteiger partial charge in [-0.3, -0.25) is 4.90 Å². The first-order valence-corrected chi connectivity index (χ1v) is 5.97. The summed E-state index contributed by atoms with van der Waals surface area (Å²) >= 11 is 0. The Hall–Kier alpha value is -0.300. The van der Waals surface area contributed by atoms with Gasteiger partial charge in [-0.2, -0.15) is 0 Å². The van der Waals surface area contributed by atoms with Gasteiger partial charge < -0.3 is 0 Å². The highest BCUT2D eigenvalue weighted by Gasteiger charge is 2.01. The number of unbranched alkanes of at least 4 members (excludes halogenated alkanes) is 4. The molecule has 0 aromatic heterocycles. The van der Waals surface area contributed by atoms with Crippen LogP contribution in [0.15, 0.2) is 12.7 Å². The standard InChI is InChI=1S/C13H26N/c1-4-7-9-12-14(11-6-3)13-10-8-5-2/h6H,1,3-5,7-13H2,2H3. The Balaban J connectivity index is 3.49. The summed E-state index contributed by atoms with van der Waals surface area (Å²) in [4.78, 5) is 2.50. The number of nitrogens with zero attached hydrogens (tertiary/aromatic N) is 1. The van der Waals surface area contributed by atoms with E-state index in [-0.39, 0.29) is 0 Å². The summed E-state index contributed by atoms with van der Waals surface area (Å²) < 4.78 is 0. The van der Waals surface area contributed by atoms with Gasteiger partial charge in [0.15, 0.2) is 0 Å². The minimum atomic E-state index is 1.04. The van der Waals surface area contributed by atoms with Crippen LogP contribution < -0.4 is 0 Å². The van der Waals surface area contributed by atoms with Crippen molar-refractivity contribution in [1.29, 1.82) is 0 Å². The Kier molecular flexibility index (Phi) is 10.5. The molecule has 0 aliphatic carbocycles. The molecule has 0 saturated carbocycles. The molecular formula is C13H26N. The third-order valence-corrected chi connectivity index (χ3v) is 2.44. The molecule has 0 N–H and O–H groups in total. The molecule has 1 radical (unpaired) electrons. The fourth-order valence-corrected chi connectivity index (χ4v) is 1.57. The van der Waals surface area contributed by atoms with Crippen LogP contribution in [0.3, 0.4) is 0 Å². The van der Waals surface area contributed by atoms with Crippen LogP contribution in [0.5, 0.6) is 0 Å². The van der Waals surface area contributed by atoms with Crippen molar-refractivity contribution in [3.8, 4) is 0 Å². The molecule has 0 atom stereocenters. The Morgan fingerprint density at radius 3 is 2.21 bits per heavy atom. The van der Waals surface area contributed by atoms with Crippen molar-refractivity contribution in [3.63, 3.8) is 0 Å². The molecule has 0 unspecified atom stereocenters. The molecule has 0 rings (SSSR count). The molecule has 0 bridgehead atoms. The molecule has 0 spiro atoms. The monoisotopic (exact) mass is 196 g/mol. The van der Waals surface area contributed by atoms with E-state index in [9.17, 15) is 0 Å². The summed E-state index contributed by atoms with van der Waals surface area (Å²) in [5, 5.41) is 0. The van der Waals surface area contributed by atoms with Crippen molar-refractivity contribution in [2.24, 2.45) is 0 Å². The lowest BCUT2D eigenvalue weighted by Gasteiger charge is -2.20. The average molecular weight is 196 g/mol. The topological polar surface area (TPSA) is 3.24 Å². The predicted octanol–water partition coefficient (Wildman–Crippen LogP) is 3.67. The van der Waals surface area contributed by atoms with E-state index in [1.807, 2.05) is 6.08 Å². The van der Waals surface area contributed by atoms with Crippen LogP contribution in [0.25, 0.3) is 0 Å². The first kappa shape index (κ1) is 13.7. The zero-order chi connectivity index (χ0) is 10.6. The van der Waals surface area contributed by atoms with Gasteiger partial charge in [0.05, 0.1) is 0 Å². The normalized spacial score (nSPS) is 10.8.